The Balaban J connectivity index is 1.95. The molecule has 0 amide bonds. The summed E-state index contributed by atoms with van der Waals surface area (Å²) in [4.78, 5) is 0. The van der Waals surface area contributed by atoms with Crippen molar-refractivity contribution < 1.29 is 4.57 Å². The monoisotopic (exact) mass is 346 g/mol. The van der Waals surface area contributed by atoms with Crippen LogP contribution in [0.2, 0.25) is 0 Å². The van der Waals surface area contributed by atoms with Crippen molar-refractivity contribution in [2.24, 2.45) is 0 Å². The second kappa shape index (κ2) is 16.6. The van der Waals surface area contributed by atoms with Crippen molar-refractivity contribution >= 4 is 0 Å². The maximum absolute atomic E-state index is 2.38. The fourth-order valence-electron chi connectivity index (χ4n) is 3.58. The fourth-order valence-corrected chi connectivity index (χ4v) is 3.58. The van der Waals surface area contributed by atoms with E-state index >= 15 is 0 Å². The molecule has 25 heavy (non-hydrogen) atoms. The summed E-state index contributed by atoms with van der Waals surface area (Å²) in [6.07, 6.45) is 27.0. The molecule has 0 aliphatic carbocycles. The van der Waals surface area contributed by atoms with Crippen LogP contribution in [0, 0.1) is 0 Å². The van der Waals surface area contributed by atoms with Crippen LogP contribution in [-0.4, -0.2) is 0 Å². The normalized spacial score (nSPS) is 11.1. The highest BCUT2D eigenvalue weighted by molar-refractivity contribution is 5.05. The molecule has 1 heterocycles. The smallest absolute Gasteiger partial charge is 0.171 e. The van der Waals surface area contributed by atoms with E-state index in [0.717, 1.165) is 0 Å². The molecule has 1 nitrogen and oxygen atoms in total. The molecule has 0 aromatic carbocycles. The molecule has 1 aromatic heterocycles. The molecule has 0 saturated carbocycles. The van der Waals surface area contributed by atoms with Gasteiger partial charge in [-0.3, -0.25) is 0 Å². The molecule has 0 aliphatic heterocycles. The van der Waals surface area contributed by atoms with Crippen LogP contribution >= 0.6 is 0 Å². The van der Waals surface area contributed by atoms with Crippen molar-refractivity contribution in [1.82, 2.24) is 0 Å². The minimum absolute atomic E-state index is 1.18. The van der Waals surface area contributed by atoms with E-state index in [4.69, 9.17) is 0 Å². The van der Waals surface area contributed by atoms with Crippen LogP contribution in [0.1, 0.15) is 116 Å². The van der Waals surface area contributed by atoms with E-state index in [9.17, 15) is 0 Å². The van der Waals surface area contributed by atoms with E-state index in [2.05, 4.69) is 42.9 Å². The van der Waals surface area contributed by atoms with Gasteiger partial charge in [0.1, 0.15) is 6.54 Å². The Kier molecular flexibility index (Phi) is 14.7. The first kappa shape index (κ1) is 22.2. The van der Waals surface area contributed by atoms with Crippen molar-refractivity contribution in [3.05, 3.63) is 30.1 Å². The van der Waals surface area contributed by atoms with E-state index in [0.29, 0.717) is 0 Å². The summed E-state index contributed by atoms with van der Waals surface area (Å²) in [5, 5.41) is 0. The summed E-state index contributed by atoms with van der Waals surface area (Å²) in [6.45, 7) is 5.75. The van der Waals surface area contributed by atoms with Crippen molar-refractivity contribution in [3.63, 3.8) is 0 Å². The minimum atomic E-state index is 1.18. The molecule has 0 aliphatic rings. The van der Waals surface area contributed by atoms with Gasteiger partial charge in [0.2, 0.25) is 0 Å². The van der Waals surface area contributed by atoms with Gasteiger partial charge in [-0.25, -0.2) is 4.57 Å². The average molecular weight is 347 g/mol. The number of nitrogens with zero attached hydrogens (tertiary/aromatic N) is 1. The Morgan fingerprint density at radius 3 is 1.76 bits per heavy atom. The number of hydrogen-bond acceptors (Lipinski definition) is 0. The molecule has 0 N–H and O–H groups in total. The van der Waals surface area contributed by atoms with E-state index in [1.807, 2.05) is 0 Å². The van der Waals surface area contributed by atoms with Crippen LogP contribution in [0.5, 0.6) is 0 Å². The van der Waals surface area contributed by atoms with Crippen molar-refractivity contribution in [3.8, 4) is 0 Å². The first-order valence-electron chi connectivity index (χ1n) is 11.3. The third-order valence-corrected chi connectivity index (χ3v) is 5.26. The average Bonchev–Trinajstić information content (AvgIpc) is 2.63. The van der Waals surface area contributed by atoms with Crippen LogP contribution in [-0.2, 0) is 13.0 Å². The molecule has 1 aromatic rings. The van der Waals surface area contributed by atoms with Gasteiger partial charge < -0.3 is 0 Å². The van der Waals surface area contributed by atoms with Crippen LogP contribution in [0.3, 0.4) is 0 Å². The molecule has 144 valence electrons. The lowest BCUT2D eigenvalue weighted by molar-refractivity contribution is -0.697. The molecule has 0 spiro atoms. The van der Waals surface area contributed by atoms with Crippen LogP contribution in [0.25, 0.3) is 0 Å². The second-order valence-electron chi connectivity index (χ2n) is 7.80. The second-order valence-corrected chi connectivity index (χ2v) is 7.80. The first-order valence-corrected chi connectivity index (χ1v) is 11.3. The Morgan fingerprint density at radius 2 is 1.16 bits per heavy atom. The molecule has 0 fully saturated rings. The zero-order valence-electron chi connectivity index (χ0n) is 17.3. The van der Waals surface area contributed by atoms with Crippen molar-refractivity contribution in [2.75, 3.05) is 0 Å². The van der Waals surface area contributed by atoms with Crippen LogP contribution < -0.4 is 4.57 Å². The third kappa shape index (κ3) is 13.1. The van der Waals surface area contributed by atoms with Crippen LogP contribution in [0.15, 0.2) is 24.5 Å². The summed E-state index contributed by atoms with van der Waals surface area (Å²) in [5.41, 5.74) is 1.52. The predicted molar refractivity (Wildman–Crippen MR) is 111 cm³/mol. The summed E-state index contributed by atoms with van der Waals surface area (Å²) in [6, 6.07) is 4.52. The molecular formula is C24H44N+. The highest BCUT2D eigenvalue weighted by Crippen LogP contribution is 2.13. The molecule has 0 radical (unpaired) electrons. The number of aryl methyl sites for hydroxylation is 2. The molecule has 1 heteroatoms. The standard InChI is InChI=1S/C24H44N/c1-3-5-7-8-9-10-11-12-13-14-15-16-19-24-20-18-22-25(23-24)21-17-6-4-2/h18,20,22-23H,3-17,19,21H2,1-2H3/q+1. The highest BCUT2D eigenvalue weighted by atomic mass is 14.9. The maximum atomic E-state index is 2.38. The quantitative estimate of drug-likeness (QED) is 0.204. The van der Waals surface area contributed by atoms with Crippen LogP contribution in [0.4, 0.5) is 0 Å². The Hall–Kier alpha value is -0.850. The Bertz CT molecular complexity index is 399. The van der Waals surface area contributed by atoms with E-state index < -0.39 is 0 Å². The molecule has 1 rings (SSSR count). The van der Waals surface area contributed by atoms with Gasteiger partial charge in [-0.15, -0.1) is 0 Å². The van der Waals surface area contributed by atoms with Gasteiger partial charge in [-0.1, -0.05) is 90.9 Å². The van der Waals surface area contributed by atoms with E-state index in [1.54, 1.807) is 0 Å². The molecule has 0 saturated heterocycles. The summed E-state index contributed by atoms with van der Waals surface area (Å²) in [7, 11) is 0. The summed E-state index contributed by atoms with van der Waals surface area (Å²) >= 11 is 0. The highest BCUT2D eigenvalue weighted by Gasteiger charge is 2.02. The van der Waals surface area contributed by atoms with Crippen molar-refractivity contribution in [2.45, 2.75) is 123 Å². The Morgan fingerprint density at radius 1 is 0.640 bits per heavy atom. The minimum Gasteiger partial charge on any atom is -0.205 e. The number of rotatable bonds is 17. The number of unbranched alkanes of at least 4 members (excludes halogenated alkanes) is 13. The van der Waals surface area contributed by atoms with Gasteiger partial charge in [-0.2, -0.15) is 0 Å². The van der Waals surface area contributed by atoms with Gasteiger partial charge in [0, 0.05) is 18.1 Å². The molecule has 0 atom stereocenters. The molecular weight excluding hydrogens is 302 g/mol. The zero-order valence-corrected chi connectivity index (χ0v) is 17.3. The topological polar surface area (TPSA) is 3.88 Å². The van der Waals surface area contributed by atoms with E-state index in [-0.39, 0.29) is 0 Å². The zero-order chi connectivity index (χ0) is 18.0. The molecule has 0 unspecified atom stereocenters. The lowest BCUT2D eigenvalue weighted by atomic mass is 10.0. The summed E-state index contributed by atoms with van der Waals surface area (Å²) < 4.78 is 2.38. The lowest BCUT2D eigenvalue weighted by Crippen LogP contribution is -2.33. The van der Waals surface area contributed by atoms with Gasteiger partial charge in [0.05, 0.1) is 0 Å². The number of pyridine rings is 1. The number of hydrogen-bond donors (Lipinski definition) is 0. The van der Waals surface area contributed by atoms with Gasteiger partial charge in [0.25, 0.3) is 0 Å². The predicted octanol–water partition coefficient (Wildman–Crippen LogP) is 7.41. The third-order valence-electron chi connectivity index (χ3n) is 5.26. The van der Waals surface area contributed by atoms with E-state index in [1.165, 1.54) is 115 Å². The SMILES string of the molecule is CCCCCCCCCCCCCCc1ccc[n+](CCCCC)c1. The van der Waals surface area contributed by atoms with Crippen molar-refractivity contribution in [1.29, 1.82) is 0 Å². The first-order chi connectivity index (χ1) is 12.4. The number of aromatic nitrogens is 1. The fraction of sp³-hybridized carbons (Fsp3) is 0.792. The van der Waals surface area contributed by atoms with Gasteiger partial charge in [-0.05, 0) is 25.3 Å². The Labute approximate surface area is 158 Å². The van der Waals surface area contributed by atoms with Gasteiger partial charge >= 0.3 is 0 Å². The molecule has 0 bridgehead atoms. The summed E-state index contributed by atoms with van der Waals surface area (Å²) in [5.74, 6) is 0. The maximum Gasteiger partial charge on any atom is 0.171 e. The van der Waals surface area contributed by atoms with Gasteiger partial charge in [0.15, 0.2) is 12.4 Å². The largest absolute Gasteiger partial charge is 0.205 e. The lowest BCUT2D eigenvalue weighted by Gasteiger charge is -2.03.